The molecule has 1 aromatic heterocycles. The van der Waals surface area contributed by atoms with Crippen molar-refractivity contribution in [2.24, 2.45) is 0 Å². The van der Waals surface area contributed by atoms with Gasteiger partial charge >= 0.3 is 0 Å². The van der Waals surface area contributed by atoms with Crippen molar-refractivity contribution in [3.8, 4) is 0 Å². The molecule has 8 heteroatoms. The van der Waals surface area contributed by atoms with E-state index in [1.54, 1.807) is 23.6 Å². The number of carbonyl (C=O) groups excluding carboxylic acids is 1. The van der Waals surface area contributed by atoms with Crippen molar-refractivity contribution in [3.05, 3.63) is 75.8 Å². The van der Waals surface area contributed by atoms with Gasteiger partial charge in [0.25, 0.3) is 0 Å². The number of carbonyl (C=O) groups is 1. The molecule has 0 aliphatic rings. The number of hydrogen-bond donors (Lipinski definition) is 1. The van der Waals surface area contributed by atoms with Gasteiger partial charge < -0.3 is 5.32 Å². The molecule has 26 heavy (non-hydrogen) atoms. The third kappa shape index (κ3) is 5.03. The molecule has 0 radical (unpaired) electrons. The van der Waals surface area contributed by atoms with Crippen LogP contribution < -0.4 is 5.32 Å². The smallest absolute Gasteiger partial charge is 0.230 e. The number of hydrogen-bond acceptors (Lipinski definition) is 4. The number of aromatic nitrogens is 1. The van der Waals surface area contributed by atoms with Gasteiger partial charge in [0.15, 0.2) is 0 Å². The van der Waals surface area contributed by atoms with Crippen molar-refractivity contribution in [1.29, 1.82) is 0 Å². The Morgan fingerprint density at radius 2 is 2.00 bits per heavy atom. The van der Waals surface area contributed by atoms with Crippen molar-refractivity contribution in [1.82, 2.24) is 4.98 Å². The first-order valence-corrected chi connectivity index (χ1v) is 9.81. The topological polar surface area (TPSA) is 42.0 Å². The molecule has 0 aliphatic heterocycles. The fourth-order valence-electron chi connectivity index (χ4n) is 2.13. The zero-order chi connectivity index (χ0) is 18.5. The second-order valence-corrected chi connectivity index (χ2v) is 7.83. The first-order chi connectivity index (χ1) is 12.5. The van der Waals surface area contributed by atoms with Crippen molar-refractivity contribution < 1.29 is 13.6 Å². The molecule has 3 nitrogen and oxygen atoms in total. The number of thioether (sulfide) groups is 1. The Morgan fingerprint density at radius 1 is 1.19 bits per heavy atom. The van der Waals surface area contributed by atoms with E-state index in [-0.39, 0.29) is 23.2 Å². The molecule has 1 N–H and O–H groups in total. The number of anilines is 1. The molecule has 0 spiro atoms. The Hall–Kier alpha value is -1.96. The molecule has 2 aromatic carbocycles. The maximum Gasteiger partial charge on any atom is 0.230 e. The van der Waals surface area contributed by atoms with E-state index in [4.69, 9.17) is 11.6 Å². The number of rotatable bonds is 6. The minimum Gasteiger partial charge on any atom is -0.326 e. The molecule has 1 heterocycles. The molecule has 3 aromatic rings. The largest absolute Gasteiger partial charge is 0.326 e. The Kier molecular flexibility index (Phi) is 6.24. The first-order valence-electron chi connectivity index (χ1n) is 7.57. The Morgan fingerprint density at radius 3 is 2.77 bits per heavy atom. The van der Waals surface area contributed by atoms with Gasteiger partial charge in [0.2, 0.25) is 5.91 Å². The van der Waals surface area contributed by atoms with Crippen LogP contribution >= 0.6 is 34.7 Å². The minimum atomic E-state index is -0.541. The summed E-state index contributed by atoms with van der Waals surface area (Å²) in [5.41, 5.74) is 1.66. The lowest BCUT2D eigenvalue weighted by molar-refractivity contribution is -0.115. The number of amides is 1. The van der Waals surface area contributed by atoms with Crippen LogP contribution in [-0.4, -0.2) is 10.9 Å². The van der Waals surface area contributed by atoms with Gasteiger partial charge in [-0.3, -0.25) is 4.79 Å². The summed E-state index contributed by atoms with van der Waals surface area (Å²) in [6.07, 6.45) is 0.0890. The first kappa shape index (κ1) is 18.8. The summed E-state index contributed by atoms with van der Waals surface area (Å²) in [5, 5.41) is 4.39. The highest BCUT2D eigenvalue weighted by molar-refractivity contribution is 8.00. The van der Waals surface area contributed by atoms with Gasteiger partial charge in [-0.05, 0) is 29.8 Å². The number of nitrogens with zero attached hydrogens (tertiary/aromatic N) is 1. The van der Waals surface area contributed by atoms with Crippen molar-refractivity contribution in [2.45, 2.75) is 16.5 Å². The van der Waals surface area contributed by atoms with Crippen LogP contribution in [-0.2, 0) is 17.0 Å². The number of nitrogens with one attached hydrogen (secondary N) is 1. The number of halogens is 3. The molecular weight excluding hydrogens is 398 g/mol. The third-order valence-corrected chi connectivity index (χ3v) is 5.79. The lowest BCUT2D eigenvalue weighted by Crippen LogP contribution is -2.14. The average molecular weight is 411 g/mol. The predicted molar refractivity (Wildman–Crippen MR) is 102 cm³/mol. The molecule has 0 saturated heterocycles. The summed E-state index contributed by atoms with van der Waals surface area (Å²) >= 11 is 8.52. The minimum absolute atomic E-state index is 0.0525. The maximum atomic E-state index is 13.6. The van der Waals surface area contributed by atoms with Gasteiger partial charge in [-0.1, -0.05) is 41.6 Å². The predicted octanol–water partition coefficient (Wildman–Crippen LogP) is 5.55. The highest BCUT2D eigenvalue weighted by atomic mass is 35.5. The Bertz CT molecular complexity index is 933. The fourth-order valence-corrected chi connectivity index (χ4v) is 4.15. The molecule has 0 bridgehead atoms. The monoisotopic (exact) mass is 410 g/mol. The maximum absolute atomic E-state index is 13.6. The van der Waals surface area contributed by atoms with E-state index < -0.39 is 5.82 Å². The third-order valence-electron chi connectivity index (χ3n) is 3.38. The molecule has 0 fully saturated rings. The van der Waals surface area contributed by atoms with E-state index in [0.717, 1.165) is 4.34 Å². The normalized spacial score (nSPS) is 10.7. The van der Waals surface area contributed by atoms with Crippen LogP contribution in [0.2, 0.25) is 5.02 Å². The number of thiazole rings is 1. The van der Waals surface area contributed by atoms with Gasteiger partial charge in [-0.15, -0.1) is 11.3 Å². The van der Waals surface area contributed by atoms with E-state index in [9.17, 15) is 13.6 Å². The van der Waals surface area contributed by atoms with E-state index in [1.807, 2.05) is 0 Å². The molecular formula is C18H13ClF2N2OS2. The van der Waals surface area contributed by atoms with Crippen LogP contribution in [0, 0.1) is 11.6 Å². The second kappa shape index (κ2) is 8.62. The zero-order valence-corrected chi connectivity index (χ0v) is 15.7. The molecule has 1 amide bonds. The molecule has 0 saturated carbocycles. The summed E-state index contributed by atoms with van der Waals surface area (Å²) in [5.74, 6) is -0.585. The van der Waals surface area contributed by atoms with Crippen molar-refractivity contribution in [2.75, 3.05) is 5.32 Å². The Balaban J connectivity index is 1.55. The molecule has 0 aliphatic carbocycles. The lowest BCUT2D eigenvalue weighted by Gasteiger charge is -2.05. The lowest BCUT2D eigenvalue weighted by atomic mass is 10.2. The summed E-state index contributed by atoms with van der Waals surface area (Å²) in [6, 6.07) is 10.6. The van der Waals surface area contributed by atoms with Gasteiger partial charge in [-0.25, -0.2) is 13.8 Å². The van der Waals surface area contributed by atoms with Gasteiger partial charge in [0.05, 0.1) is 17.1 Å². The molecule has 0 atom stereocenters. The van der Waals surface area contributed by atoms with Gasteiger partial charge in [0, 0.05) is 16.8 Å². The summed E-state index contributed by atoms with van der Waals surface area (Å²) in [7, 11) is 0. The quantitative estimate of drug-likeness (QED) is 0.542. The standard InChI is InChI=1S/C18H13ClF2N2OS2/c19-14-7-12(5-6-16(14)21)22-17(24)8-13-10-26-18(23-13)25-9-11-3-1-2-4-15(11)20/h1-7,10H,8-9H2,(H,22,24). The summed E-state index contributed by atoms with van der Waals surface area (Å²) in [4.78, 5) is 16.5. The van der Waals surface area contributed by atoms with E-state index >= 15 is 0 Å². The highest BCUT2D eigenvalue weighted by Crippen LogP contribution is 2.27. The van der Waals surface area contributed by atoms with E-state index in [2.05, 4.69) is 10.3 Å². The number of benzene rings is 2. The molecule has 0 unspecified atom stereocenters. The second-order valence-electron chi connectivity index (χ2n) is 5.34. The van der Waals surface area contributed by atoms with Gasteiger partial charge in [-0.2, -0.15) is 0 Å². The SMILES string of the molecule is O=C(Cc1csc(SCc2ccccc2F)n1)Nc1ccc(F)c(Cl)c1. The van der Waals surface area contributed by atoms with E-state index in [1.165, 1.54) is 47.4 Å². The van der Waals surface area contributed by atoms with Crippen LogP contribution in [0.25, 0.3) is 0 Å². The summed E-state index contributed by atoms with van der Waals surface area (Å²) < 4.78 is 27.5. The summed E-state index contributed by atoms with van der Waals surface area (Å²) in [6.45, 7) is 0. The fraction of sp³-hybridized carbons (Fsp3) is 0.111. The van der Waals surface area contributed by atoms with Gasteiger partial charge in [0.1, 0.15) is 16.0 Å². The molecule has 3 rings (SSSR count). The van der Waals surface area contributed by atoms with E-state index in [0.29, 0.717) is 22.7 Å². The van der Waals surface area contributed by atoms with Crippen molar-refractivity contribution in [3.63, 3.8) is 0 Å². The average Bonchev–Trinajstić information content (AvgIpc) is 3.05. The van der Waals surface area contributed by atoms with Crippen LogP contribution in [0.3, 0.4) is 0 Å². The zero-order valence-electron chi connectivity index (χ0n) is 13.3. The van der Waals surface area contributed by atoms with Crippen LogP contribution in [0.4, 0.5) is 14.5 Å². The highest BCUT2D eigenvalue weighted by Gasteiger charge is 2.10. The Labute approximate surface area is 162 Å². The van der Waals surface area contributed by atoms with Crippen LogP contribution in [0.1, 0.15) is 11.3 Å². The van der Waals surface area contributed by atoms with Crippen LogP contribution in [0.15, 0.2) is 52.2 Å². The van der Waals surface area contributed by atoms with Crippen molar-refractivity contribution >= 4 is 46.3 Å². The van der Waals surface area contributed by atoms with Crippen LogP contribution in [0.5, 0.6) is 0 Å². The molecule has 134 valence electrons.